The topological polar surface area (TPSA) is 61.2 Å². The molecule has 0 unspecified atom stereocenters. The SMILES string of the molecule is CC1=CCCN(S(=O)(=O)c2cccc(C#N)c2)C1. The van der Waals surface area contributed by atoms with Crippen LogP contribution in [0.2, 0.25) is 0 Å². The first-order valence-electron chi connectivity index (χ1n) is 5.70. The molecule has 0 aromatic heterocycles. The van der Waals surface area contributed by atoms with Gasteiger partial charge in [-0.15, -0.1) is 0 Å². The van der Waals surface area contributed by atoms with E-state index in [4.69, 9.17) is 5.26 Å². The lowest BCUT2D eigenvalue weighted by atomic mass is 10.2. The first kappa shape index (κ1) is 12.8. The van der Waals surface area contributed by atoms with Crippen molar-refractivity contribution in [2.24, 2.45) is 0 Å². The van der Waals surface area contributed by atoms with Gasteiger partial charge in [-0.2, -0.15) is 9.57 Å². The highest BCUT2D eigenvalue weighted by Gasteiger charge is 2.25. The fraction of sp³-hybridized carbons (Fsp3) is 0.308. The van der Waals surface area contributed by atoms with Crippen molar-refractivity contribution in [3.05, 3.63) is 41.5 Å². The quantitative estimate of drug-likeness (QED) is 0.765. The second-order valence-corrected chi connectivity index (χ2v) is 6.26. The highest BCUT2D eigenvalue weighted by molar-refractivity contribution is 7.89. The molecule has 0 aliphatic carbocycles. The molecular weight excluding hydrogens is 248 g/mol. The Labute approximate surface area is 107 Å². The second kappa shape index (κ2) is 4.92. The van der Waals surface area contributed by atoms with E-state index < -0.39 is 10.0 Å². The molecule has 0 radical (unpaired) electrons. The highest BCUT2D eigenvalue weighted by atomic mass is 32.2. The molecule has 4 nitrogen and oxygen atoms in total. The number of nitriles is 1. The molecule has 0 N–H and O–H groups in total. The van der Waals surface area contributed by atoms with Crippen molar-refractivity contribution in [2.75, 3.05) is 13.1 Å². The van der Waals surface area contributed by atoms with E-state index >= 15 is 0 Å². The Bertz CT molecular complexity index is 627. The van der Waals surface area contributed by atoms with E-state index in [1.165, 1.54) is 16.4 Å². The largest absolute Gasteiger partial charge is 0.243 e. The molecule has 0 spiro atoms. The molecule has 0 bridgehead atoms. The minimum Gasteiger partial charge on any atom is -0.207 e. The summed E-state index contributed by atoms with van der Waals surface area (Å²) >= 11 is 0. The molecule has 0 fully saturated rings. The van der Waals surface area contributed by atoms with Gasteiger partial charge in [0.1, 0.15) is 0 Å². The number of hydrogen-bond acceptors (Lipinski definition) is 3. The van der Waals surface area contributed by atoms with Crippen LogP contribution in [0.5, 0.6) is 0 Å². The molecular formula is C13H14N2O2S. The standard InChI is InChI=1S/C13H14N2O2S/c1-11-4-3-7-15(10-11)18(16,17)13-6-2-5-12(8-13)9-14/h2,4-6,8H,3,7,10H2,1H3. The molecule has 1 aromatic carbocycles. The van der Waals surface area contributed by atoms with Gasteiger partial charge in [0, 0.05) is 13.1 Å². The van der Waals surface area contributed by atoms with Crippen LogP contribution in [0.25, 0.3) is 0 Å². The van der Waals surface area contributed by atoms with Gasteiger partial charge in [-0.25, -0.2) is 8.42 Å². The number of nitrogens with zero attached hydrogens (tertiary/aromatic N) is 2. The molecule has 2 rings (SSSR count). The Morgan fingerprint density at radius 3 is 2.83 bits per heavy atom. The Kier molecular flexibility index (Phi) is 3.50. The van der Waals surface area contributed by atoms with Gasteiger partial charge in [0.05, 0.1) is 16.5 Å². The van der Waals surface area contributed by atoms with Crippen molar-refractivity contribution in [1.29, 1.82) is 5.26 Å². The molecule has 18 heavy (non-hydrogen) atoms. The summed E-state index contributed by atoms with van der Waals surface area (Å²) in [4.78, 5) is 0.191. The van der Waals surface area contributed by atoms with Crippen LogP contribution in [0.15, 0.2) is 40.8 Å². The average molecular weight is 262 g/mol. The van der Waals surface area contributed by atoms with Crippen molar-refractivity contribution in [1.82, 2.24) is 4.31 Å². The van der Waals surface area contributed by atoms with Gasteiger partial charge in [-0.05, 0) is 31.5 Å². The van der Waals surface area contributed by atoms with Gasteiger partial charge in [-0.1, -0.05) is 17.7 Å². The molecule has 1 aliphatic rings. The zero-order valence-electron chi connectivity index (χ0n) is 10.1. The fourth-order valence-electron chi connectivity index (χ4n) is 1.96. The Hall–Kier alpha value is -1.64. The number of hydrogen-bond donors (Lipinski definition) is 0. The van der Waals surface area contributed by atoms with Crippen LogP contribution in [0.3, 0.4) is 0 Å². The Morgan fingerprint density at radius 1 is 1.39 bits per heavy atom. The molecule has 1 aliphatic heterocycles. The van der Waals surface area contributed by atoms with E-state index in [2.05, 4.69) is 6.08 Å². The van der Waals surface area contributed by atoms with Crippen LogP contribution in [-0.4, -0.2) is 25.8 Å². The third kappa shape index (κ3) is 2.45. The lowest BCUT2D eigenvalue weighted by molar-refractivity contribution is 0.428. The van der Waals surface area contributed by atoms with E-state index in [1.54, 1.807) is 12.1 Å². The Balaban J connectivity index is 2.37. The van der Waals surface area contributed by atoms with E-state index in [0.717, 1.165) is 12.0 Å². The van der Waals surface area contributed by atoms with E-state index in [0.29, 0.717) is 18.7 Å². The van der Waals surface area contributed by atoms with Crippen molar-refractivity contribution < 1.29 is 8.42 Å². The number of sulfonamides is 1. The van der Waals surface area contributed by atoms with Crippen LogP contribution in [-0.2, 0) is 10.0 Å². The molecule has 0 saturated heterocycles. The monoisotopic (exact) mass is 262 g/mol. The lowest BCUT2D eigenvalue weighted by Crippen LogP contribution is -2.35. The lowest BCUT2D eigenvalue weighted by Gasteiger charge is -2.25. The maximum absolute atomic E-state index is 12.4. The van der Waals surface area contributed by atoms with Crippen molar-refractivity contribution in [3.8, 4) is 6.07 Å². The molecule has 5 heteroatoms. The number of benzene rings is 1. The summed E-state index contributed by atoms with van der Waals surface area (Å²) in [6.45, 7) is 2.85. The van der Waals surface area contributed by atoms with Crippen molar-refractivity contribution in [2.45, 2.75) is 18.2 Å². The van der Waals surface area contributed by atoms with Gasteiger partial charge < -0.3 is 0 Å². The summed E-state index contributed by atoms with van der Waals surface area (Å²) in [7, 11) is -3.49. The molecule has 0 saturated carbocycles. The Morgan fingerprint density at radius 2 is 2.17 bits per heavy atom. The van der Waals surface area contributed by atoms with Crippen molar-refractivity contribution >= 4 is 10.0 Å². The van der Waals surface area contributed by atoms with E-state index in [-0.39, 0.29) is 4.90 Å². The zero-order valence-corrected chi connectivity index (χ0v) is 10.9. The smallest absolute Gasteiger partial charge is 0.207 e. The zero-order chi connectivity index (χ0) is 13.2. The van der Waals surface area contributed by atoms with Gasteiger partial charge in [0.25, 0.3) is 0 Å². The average Bonchev–Trinajstić information content (AvgIpc) is 2.39. The van der Waals surface area contributed by atoms with Gasteiger partial charge >= 0.3 is 0 Å². The first-order chi connectivity index (χ1) is 8.54. The van der Waals surface area contributed by atoms with Crippen LogP contribution in [0, 0.1) is 11.3 Å². The summed E-state index contributed by atoms with van der Waals surface area (Å²) in [6.07, 6.45) is 2.79. The van der Waals surface area contributed by atoms with Crippen LogP contribution < -0.4 is 0 Å². The minimum absolute atomic E-state index is 0.191. The number of rotatable bonds is 2. The molecule has 0 amide bonds. The van der Waals surface area contributed by atoms with Crippen LogP contribution in [0.1, 0.15) is 18.9 Å². The maximum atomic E-state index is 12.4. The van der Waals surface area contributed by atoms with Crippen LogP contribution >= 0.6 is 0 Å². The fourth-order valence-corrected chi connectivity index (χ4v) is 3.50. The first-order valence-corrected chi connectivity index (χ1v) is 7.14. The van der Waals surface area contributed by atoms with Crippen LogP contribution in [0.4, 0.5) is 0 Å². The summed E-state index contributed by atoms with van der Waals surface area (Å²) in [5.41, 5.74) is 1.42. The van der Waals surface area contributed by atoms with Gasteiger partial charge in [0.15, 0.2) is 0 Å². The van der Waals surface area contributed by atoms with Gasteiger partial charge in [-0.3, -0.25) is 0 Å². The summed E-state index contributed by atoms with van der Waals surface area (Å²) in [5.74, 6) is 0. The predicted octanol–water partition coefficient (Wildman–Crippen LogP) is 1.90. The summed E-state index contributed by atoms with van der Waals surface area (Å²) < 4.78 is 26.2. The minimum atomic E-state index is -3.49. The normalized spacial score (nSPS) is 17.0. The molecule has 1 heterocycles. The van der Waals surface area contributed by atoms with Gasteiger partial charge in [0.2, 0.25) is 10.0 Å². The highest BCUT2D eigenvalue weighted by Crippen LogP contribution is 2.20. The third-order valence-electron chi connectivity index (χ3n) is 2.90. The van der Waals surface area contributed by atoms with E-state index in [9.17, 15) is 8.42 Å². The molecule has 1 aromatic rings. The summed E-state index contributed by atoms with van der Waals surface area (Å²) in [6, 6.07) is 8.10. The maximum Gasteiger partial charge on any atom is 0.243 e. The predicted molar refractivity (Wildman–Crippen MR) is 68.3 cm³/mol. The summed E-state index contributed by atoms with van der Waals surface area (Å²) in [5, 5.41) is 8.81. The van der Waals surface area contributed by atoms with Crippen molar-refractivity contribution in [3.63, 3.8) is 0 Å². The molecule has 0 atom stereocenters. The molecule has 94 valence electrons. The second-order valence-electron chi connectivity index (χ2n) is 4.32. The third-order valence-corrected chi connectivity index (χ3v) is 4.74. The van der Waals surface area contributed by atoms with E-state index in [1.807, 2.05) is 13.0 Å².